The minimum Gasteiger partial charge on any atom is -0.378 e. The summed E-state index contributed by atoms with van der Waals surface area (Å²) in [6.07, 6.45) is 0. The zero-order valence-electron chi connectivity index (χ0n) is 12.3. The molecule has 1 saturated heterocycles. The van der Waals surface area contributed by atoms with Crippen LogP contribution in [0.25, 0.3) is 0 Å². The van der Waals surface area contributed by atoms with Crippen molar-refractivity contribution in [3.8, 4) is 6.07 Å². The monoisotopic (exact) mass is 258 g/mol. The molecule has 0 amide bonds. The fourth-order valence-corrected chi connectivity index (χ4v) is 2.59. The summed E-state index contributed by atoms with van der Waals surface area (Å²) in [5, 5.41) is 9.23. The van der Waals surface area contributed by atoms with E-state index in [1.165, 1.54) is 22.3 Å². The Hall–Kier alpha value is -1.37. The van der Waals surface area contributed by atoms with E-state index in [0.717, 1.165) is 13.1 Å². The van der Waals surface area contributed by atoms with Crippen LogP contribution in [0.2, 0.25) is 0 Å². The van der Waals surface area contributed by atoms with Gasteiger partial charge in [-0.05, 0) is 50.1 Å². The first kappa shape index (κ1) is 14.0. The highest BCUT2D eigenvalue weighted by atomic mass is 16.5. The molecule has 0 radical (unpaired) electrons. The van der Waals surface area contributed by atoms with E-state index in [1.807, 2.05) is 0 Å². The highest BCUT2D eigenvalue weighted by Crippen LogP contribution is 2.28. The van der Waals surface area contributed by atoms with E-state index < -0.39 is 0 Å². The van der Waals surface area contributed by atoms with E-state index in [9.17, 15) is 5.26 Å². The molecule has 19 heavy (non-hydrogen) atoms. The smallest absolute Gasteiger partial charge is 0.116 e. The van der Waals surface area contributed by atoms with E-state index >= 15 is 0 Å². The van der Waals surface area contributed by atoms with Crippen molar-refractivity contribution in [3.05, 3.63) is 34.4 Å². The molecule has 2 rings (SSSR count). The zero-order valence-corrected chi connectivity index (χ0v) is 12.3. The molecule has 0 saturated carbocycles. The largest absolute Gasteiger partial charge is 0.378 e. The van der Waals surface area contributed by atoms with Crippen LogP contribution in [0.5, 0.6) is 0 Å². The molecule has 1 aliphatic rings. The molecule has 102 valence electrons. The van der Waals surface area contributed by atoms with Gasteiger partial charge in [0.2, 0.25) is 0 Å². The van der Waals surface area contributed by atoms with Gasteiger partial charge < -0.3 is 9.64 Å². The quantitative estimate of drug-likeness (QED) is 0.833. The molecule has 1 aromatic carbocycles. The fraction of sp³-hybridized carbons (Fsp3) is 0.562. The topological polar surface area (TPSA) is 36.3 Å². The lowest BCUT2D eigenvalue weighted by Crippen LogP contribution is -2.48. The highest BCUT2D eigenvalue weighted by Gasteiger charge is 2.39. The summed E-state index contributed by atoms with van der Waals surface area (Å²) in [5.41, 5.74) is 5.05. The van der Waals surface area contributed by atoms with E-state index in [4.69, 9.17) is 4.74 Å². The highest BCUT2D eigenvalue weighted by molar-refractivity contribution is 5.36. The predicted octanol–water partition coefficient (Wildman–Crippen LogP) is 2.58. The molecule has 1 fully saturated rings. The molecule has 1 aliphatic heterocycles. The molecule has 3 nitrogen and oxygen atoms in total. The van der Waals surface area contributed by atoms with Gasteiger partial charge in [-0.25, -0.2) is 0 Å². The van der Waals surface area contributed by atoms with Crippen molar-refractivity contribution in [3.63, 3.8) is 0 Å². The minimum absolute atomic E-state index is 0.289. The van der Waals surface area contributed by atoms with E-state index in [-0.39, 0.29) is 5.41 Å². The van der Waals surface area contributed by atoms with Crippen molar-refractivity contribution >= 4 is 0 Å². The normalized spacial score (nSPS) is 17.1. The average molecular weight is 258 g/mol. The number of aryl methyl sites for hydroxylation is 3. The van der Waals surface area contributed by atoms with Gasteiger partial charge in [0.15, 0.2) is 0 Å². The third-order valence-electron chi connectivity index (χ3n) is 3.96. The number of hydrogen-bond donors (Lipinski definition) is 0. The van der Waals surface area contributed by atoms with Gasteiger partial charge in [-0.1, -0.05) is 12.1 Å². The maximum atomic E-state index is 9.23. The van der Waals surface area contributed by atoms with Crippen LogP contribution in [0, 0.1) is 37.5 Å². The average Bonchev–Trinajstić information content (AvgIpc) is 2.31. The minimum atomic E-state index is -0.289. The second-order valence-electron chi connectivity index (χ2n) is 5.92. The van der Waals surface area contributed by atoms with Gasteiger partial charge >= 0.3 is 0 Å². The summed E-state index contributed by atoms with van der Waals surface area (Å²) in [6, 6.07) is 6.90. The van der Waals surface area contributed by atoms with Crippen molar-refractivity contribution in [2.45, 2.75) is 27.3 Å². The Morgan fingerprint density at radius 2 is 1.84 bits per heavy atom. The van der Waals surface area contributed by atoms with Crippen LogP contribution >= 0.6 is 0 Å². The Morgan fingerprint density at radius 3 is 2.37 bits per heavy atom. The number of ether oxygens (including phenoxy) is 1. The van der Waals surface area contributed by atoms with E-state index in [2.05, 4.69) is 50.9 Å². The van der Waals surface area contributed by atoms with Crippen LogP contribution in [-0.4, -0.2) is 31.7 Å². The standard InChI is InChI=1S/C16H22N2O/c1-12-5-14(3)15(6-13(12)2)7-18(4)9-16(8-17)10-19-11-16/h5-6H,7,9-11H2,1-4H3. The lowest BCUT2D eigenvalue weighted by atomic mass is 9.87. The molecule has 0 aliphatic carbocycles. The number of rotatable bonds is 4. The summed E-state index contributed by atoms with van der Waals surface area (Å²) in [5.74, 6) is 0. The maximum Gasteiger partial charge on any atom is 0.116 e. The molecule has 0 bridgehead atoms. The summed E-state index contributed by atoms with van der Waals surface area (Å²) < 4.78 is 5.19. The van der Waals surface area contributed by atoms with Crippen molar-refractivity contribution in [2.75, 3.05) is 26.8 Å². The molecule has 0 N–H and O–H groups in total. The summed E-state index contributed by atoms with van der Waals surface area (Å²) in [7, 11) is 2.08. The second kappa shape index (κ2) is 5.32. The third-order valence-corrected chi connectivity index (χ3v) is 3.96. The van der Waals surface area contributed by atoms with E-state index in [1.54, 1.807) is 0 Å². The number of nitrogens with zero attached hydrogens (tertiary/aromatic N) is 2. The number of nitriles is 1. The SMILES string of the molecule is Cc1cc(C)c(CN(C)CC2(C#N)COC2)cc1C. The van der Waals surface area contributed by atoms with Gasteiger partial charge in [-0.2, -0.15) is 5.26 Å². The third kappa shape index (κ3) is 2.97. The van der Waals surface area contributed by atoms with Crippen molar-refractivity contribution in [1.29, 1.82) is 5.26 Å². The predicted molar refractivity (Wildman–Crippen MR) is 75.9 cm³/mol. The zero-order chi connectivity index (χ0) is 14.0. The molecule has 0 atom stereocenters. The van der Waals surface area contributed by atoms with Crippen molar-refractivity contribution in [1.82, 2.24) is 4.90 Å². The fourth-order valence-electron chi connectivity index (χ4n) is 2.59. The first-order valence-corrected chi connectivity index (χ1v) is 6.70. The van der Waals surface area contributed by atoms with Gasteiger partial charge in [-0.15, -0.1) is 0 Å². The van der Waals surface area contributed by atoms with E-state index in [0.29, 0.717) is 13.2 Å². The van der Waals surface area contributed by atoms with Gasteiger partial charge in [0.25, 0.3) is 0 Å². The number of benzene rings is 1. The van der Waals surface area contributed by atoms with Crippen LogP contribution in [0.15, 0.2) is 12.1 Å². The van der Waals surface area contributed by atoms with Crippen molar-refractivity contribution in [2.24, 2.45) is 5.41 Å². The Morgan fingerprint density at radius 1 is 1.21 bits per heavy atom. The first-order chi connectivity index (χ1) is 8.96. The van der Waals surface area contributed by atoms with Crippen LogP contribution in [0.1, 0.15) is 22.3 Å². The van der Waals surface area contributed by atoms with Crippen LogP contribution in [0.3, 0.4) is 0 Å². The van der Waals surface area contributed by atoms with Gasteiger partial charge in [0.05, 0.1) is 19.3 Å². The Kier molecular flexibility index (Phi) is 3.93. The van der Waals surface area contributed by atoms with Crippen LogP contribution < -0.4 is 0 Å². The van der Waals surface area contributed by atoms with Gasteiger partial charge in [0.1, 0.15) is 5.41 Å². The summed E-state index contributed by atoms with van der Waals surface area (Å²) >= 11 is 0. The molecule has 0 aromatic heterocycles. The van der Waals surface area contributed by atoms with Crippen LogP contribution in [0.4, 0.5) is 0 Å². The van der Waals surface area contributed by atoms with Crippen molar-refractivity contribution < 1.29 is 4.74 Å². The Labute approximate surface area is 115 Å². The summed E-state index contributed by atoms with van der Waals surface area (Å²) in [6.45, 7) is 9.24. The lowest BCUT2D eigenvalue weighted by molar-refractivity contribution is -0.0895. The molecule has 1 heterocycles. The van der Waals surface area contributed by atoms with Crippen LogP contribution in [-0.2, 0) is 11.3 Å². The lowest BCUT2D eigenvalue weighted by Gasteiger charge is -2.38. The second-order valence-corrected chi connectivity index (χ2v) is 5.92. The molecule has 1 aromatic rings. The maximum absolute atomic E-state index is 9.23. The first-order valence-electron chi connectivity index (χ1n) is 6.70. The molecule has 3 heteroatoms. The van der Waals surface area contributed by atoms with Gasteiger partial charge in [0, 0.05) is 13.1 Å². The Bertz CT molecular complexity index is 512. The molecule has 0 spiro atoms. The molecule has 0 unspecified atom stereocenters. The molecular weight excluding hydrogens is 236 g/mol. The summed E-state index contributed by atoms with van der Waals surface area (Å²) in [4.78, 5) is 2.23. The Balaban J connectivity index is 2.05. The number of hydrogen-bond acceptors (Lipinski definition) is 3. The van der Waals surface area contributed by atoms with Gasteiger partial charge in [-0.3, -0.25) is 0 Å². The molecular formula is C16H22N2O.